The van der Waals surface area contributed by atoms with Gasteiger partial charge in [-0.25, -0.2) is 0 Å². The minimum absolute atomic E-state index is 0.111. The van der Waals surface area contributed by atoms with Gasteiger partial charge in [-0.3, -0.25) is 4.79 Å². The van der Waals surface area contributed by atoms with Gasteiger partial charge in [0, 0.05) is 19.0 Å². The second-order valence-corrected chi connectivity index (χ2v) is 5.37. The molecule has 0 aliphatic carbocycles. The van der Waals surface area contributed by atoms with Crippen molar-refractivity contribution in [1.82, 2.24) is 5.32 Å². The molecule has 104 valence electrons. The molecule has 0 amide bonds. The van der Waals surface area contributed by atoms with Crippen LogP contribution in [0.2, 0.25) is 0 Å². The molecule has 0 radical (unpaired) electrons. The summed E-state index contributed by atoms with van der Waals surface area (Å²) in [5, 5.41) is 3.26. The van der Waals surface area contributed by atoms with Crippen LogP contribution in [0.15, 0.2) is 22.7 Å². The average molecular weight is 328 g/mol. The average Bonchev–Trinajstić information content (AvgIpc) is 2.88. The van der Waals surface area contributed by atoms with Crippen molar-refractivity contribution in [3.05, 3.63) is 28.2 Å². The van der Waals surface area contributed by atoms with Crippen LogP contribution < -0.4 is 10.1 Å². The molecule has 0 bridgehead atoms. The summed E-state index contributed by atoms with van der Waals surface area (Å²) in [5.41, 5.74) is 1.12. The third-order valence-electron chi connectivity index (χ3n) is 3.41. The van der Waals surface area contributed by atoms with Gasteiger partial charge >= 0.3 is 5.97 Å². The number of carbonyl (C=O) groups excluding carboxylic acids is 1. The van der Waals surface area contributed by atoms with Gasteiger partial charge in [-0.1, -0.05) is 6.07 Å². The van der Waals surface area contributed by atoms with Crippen LogP contribution in [0.4, 0.5) is 0 Å². The van der Waals surface area contributed by atoms with Gasteiger partial charge in [0.1, 0.15) is 5.75 Å². The van der Waals surface area contributed by atoms with E-state index in [1.807, 2.05) is 25.1 Å². The molecule has 4 nitrogen and oxygen atoms in total. The van der Waals surface area contributed by atoms with E-state index in [2.05, 4.69) is 21.2 Å². The maximum absolute atomic E-state index is 11.9. The predicted molar refractivity (Wildman–Crippen MR) is 76.4 cm³/mol. The molecule has 1 N–H and O–H groups in total. The van der Waals surface area contributed by atoms with Crippen molar-refractivity contribution in [2.75, 3.05) is 26.8 Å². The van der Waals surface area contributed by atoms with Crippen LogP contribution in [0.1, 0.15) is 18.4 Å². The van der Waals surface area contributed by atoms with Gasteiger partial charge < -0.3 is 14.8 Å². The van der Waals surface area contributed by atoms with Gasteiger partial charge in [0.05, 0.1) is 24.1 Å². The minimum atomic E-state index is -0.121. The van der Waals surface area contributed by atoms with E-state index >= 15 is 0 Å². The quantitative estimate of drug-likeness (QED) is 0.862. The summed E-state index contributed by atoms with van der Waals surface area (Å²) in [6.07, 6.45) is 0. The van der Waals surface area contributed by atoms with Gasteiger partial charge in [0.25, 0.3) is 0 Å². The third kappa shape index (κ3) is 3.09. The number of esters is 1. The van der Waals surface area contributed by atoms with Gasteiger partial charge in [0.2, 0.25) is 0 Å². The molecule has 2 atom stereocenters. The SMILES string of the molecule is CCOC(=O)[C@@H]1CNC[C@H]1c1ccc(OC)c(Br)c1. The molecular formula is C14H18BrNO3. The predicted octanol–water partition coefficient (Wildman–Crippen LogP) is 2.32. The molecule has 1 aliphatic heterocycles. The van der Waals surface area contributed by atoms with Gasteiger partial charge in [-0.15, -0.1) is 0 Å². The summed E-state index contributed by atoms with van der Waals surface area (Å²) in [6, 6.07) is 5.94. The second kappa shape index (κ2) is 6.39. The number of benzene rings is 1. The number of ether oxygens (including phenoxy) is 2. The highest BCUT2D eigenvalue weighted by atomic mass is 79.9. The molecule has 2 rings (SSSR count). The van der Waals surface area contributed by atoms with Crippen LogP contribution in [0.3, 0.4) is 0 Å². The van der Waals surface area contributed by atoms with Gasteiger partial charge in [-0.05, 0) is 40.5 Å². The number of halogens is 1. The van der Waals surface area contributed by atoms with Crippen molar-refractivity contribution in [3.63, 3.8) is 0 Å². The Hall–Kier alpha value is -1.07. The van der Waals surface area contributed by atoms with E-state index < -0.39 is 0 Å². The van der Waals surface area contributed by atoms with Crippen molar-refractivity contribution in [1.29, 1.82) is 0 Å². The monoisotopic (exact) mass is 327 g/mol. The van der Waals surface area contributed by atoms with Crippen LogP contribution in [-0.4, -0.2) is 32.8 Å². The highest BCUT2D eigenvalue weighted by Gasteiger charge is 2.35. The van der Waals surface area contributed by atoms with E-state index in [1.54, 1.807) is 7.11 Å². The van der Waals surface area contributed by atoms with E-state index in [0.29, 0.717) is 13.2 Å². The van der Waals surface area contributed by atoms with E-state index in [-0.39, 0.29) is 17.8 Å². The van der Waals surface area contributed by atoms with Crippen LogP contribution >= 0.6 is 15.9 Å². The first kappa shape index (κ1) is 14.3. The maximum Gasteiger partial charge on any atom is 0.310 e. The number of hydrogen-bond donors (Lipinski definition) is 1. The number of nitrogens with one attached hydrogen (secondary N) is 1. The molecule has 1 aliphatic rings. The lowest BCUT2D eigenvalue weighted by molar-refractivity contribution is -0.147. The Balaban J connectivity index is 2.20. The first-order valence-electron chi connectivity index (χ1n) is 6.38. The normalized spacial score (nSPS) is 22.3. The number of methoxy groups -OCH3 is 1. The summed E-state index contributed by atoms with van der Waals surface area (Å²) >= 11 is 3.48. The van der Waals surface area contributed by atoms with E-state index in [4.69, 9.17) is 9.47 Å². The Labute approximate surface area is 121 Å². The summed E-state index contributed by atoms with van der Waals surface area (Å²) in [5.74, 6) is 0.716. The summed E-state index contributed by atoms with van der Waals surface area (Å²) in [7, 11) is 1.64. The van der Waals surface area contributed by atoms with Crippen molar-refractivity contribution >= 4 is 21.9 Å². The molecule has 0 unspecified atom stereocenters. The van der Waals surface area contributed by atoms with Crippen molar-refractivity contribution < 1.29 is 14.3 Å². The van der Waals surface area contributed by atoms with Crippen LogP contribution in [0.5, 0.6) is 5.75 Å². The van der Waals surface area contributed by atoms with Crippen LogP contribution in [0, 0.1) is 5.92 Å². The van der Waals surface area contributed by atoms with Crippen LogP contribution in [0.25, 0.3) is 0 Å². The Morgan fingerprint density at radius 2 is 2.26 bits per heavy atom. The third-order valence-corrected chi connectivity index (χ3v) is 4.03. The molecule has 1 aromatic carbocycles. The Kier molecular flexibility index (Phi) is 4.82. The Morgan fingerprint density at radius 1 is 1.47 bits per heavy atom. The fourth-order valence-corrected chi connectivity index (χ4v) is 3.00. The number of rotatable bonds is 4. The first-order chi connectivity index (χ1) is 9.17. The molecule has 19 heavy (non-hydrogen) atoms. The summed E-state index contributed by atoms with van der Waals surface area (Å²) < 4.78 is 11.3. The highest BCUT2D eigenvalue weighted by molar-refractivity contribution is 9.10. The Morgan fingerprint density at radius 3 is 2.89 bits per heavy atom. The van der Waals surface area contributed by atoms with E-state index in [9.17, 15) is 4.79 Å². The molecule has 1 saturated heterocycles. The topological polar surface area (TPSA) is 47.6 Å². The minimum Gasteiger partial charge on any atom is -0.496 e. The molecule has 0 spiro atoms. The van der Waals surface area contributed by atoms with Crippen molar-refractivity contribution in [2.24, 2.45) is 5.92 Å². The van der Waals surface area contributed by atoms with Crippen molar-refractivity contribution in [3.8, 4) is 5.75 Å². The first-order valence-corrected chi connectivity index (χ1v) is 7.17. The zero-order valence-corrected chi connectivity index (χ0v) is 12.7. The largest absolute Gasteiger partial charge is 0.496 e. The molecule has 0 aromatic heterocycles. The van der Waals surface area contributed by atoms with Gasteiger partial charge in [0.15, 0.2) is 0 Å². The number of carbonyl (C=O) groups is 1. The lowest BCUT2D eigenvalue weighted by atomic mass is 9.89. The number of hydrogen-bond acceptors (Lipinski definition) is 4. The molecule has 1 aromatic rings. The Bertz CT molecular complexity index is 464. The molecule has 1 heterocycles. The highest BCUT2D eigenvalue weighted by Crippen LogP contribution is 2.34. The van der Waals surface area contributed by atoms with Crippen molar-refractivity contribution in [2.45, 2.75) is 12.8 Å². The second-order valence-electron chi connectivity index (χ2n) is 4.52. The molecule has 1 fully saturated rings. The van der Waals surface area contributed by atoms with E-state index in [1.165, 1.54) is 0 Å². The zero-order chi connectivity index (χ0) is 13.8. The van der Waals surface area contributed by atoms with Gasteiger partial charge in [-0.2, -0.15) is 0 Å². The smallest absolute Gasteiger partial charge is 0.310 e. The summed E-state index contributed by atoms with van der Waals surface area (Å²) in [6.45, 7) is 3.73. The summed E-state index contributed by atoms with van der Waals surface area (Å²) in [4.78, 5) is 11.9. The standard InChI is InChI=1S/C14H18BrNO3/c1-3-19-14(17)11-8-16-7-10(11)9-4-5-13(18-2)12(15)6-9/h4-6,10-11,16H,3,7-8H2,1-2H3/t10-,11+/m0/s1. The maximum atomic E-state index is 11.9. The lowest BCUT2D eigenvalue weighted by Gasteiger charge is -2.18. The lowest BCUT2D eigenvalue weighted by Crippen LogP contribution is -2.24. The fraction of sp³-hybridized carbons (Fsp3) is 0.500. The molecular weight excluding hydrogens is 310 g/mol. The fourth-order valence-electron chi connectivity index (χ4n) is 2.44. The van der Waals surface area contributed by atoms with Crippen LogP contribution in [-0.2, 0) is 9.53 Å². The molecule has 5 heteroatoms. The zero-order valence-electron chi connectivity index (χ0n) is 11.1. The van der Waals surface area contributed by atoms with E-state index in [0.717, 1.165) is 22.3 Å². The molecule has 0 saturated carbocycles.